The molecule has 3 nitrogen and oxygen atoms in total. The van der Waals surface area contributed by atoms with E-state index in [0.29, 0.717) is 17.2 Å². The molecule has 3 rings (SSSR count). The molecule has 3 heteroatoms. The Morgan fingerprint density at radius 2 is 1.00 bits per heavy atom. The van der Waals surface area contributed by atoms with Crippen molar-refractivity contribution in [3.63, 3.8) is 0 Å². The molecule has 0 saturated carbocycles. The van der Waals surface area contributed by atoms with Gasteiger partial charge in [0.05, 0.1) is 0 Å². The van der Waals surface area contributed by atoms with E-state index in [-0.39, 0.29) is 0 Å². The Labute approximate surface area is 142 Å². The molecule has 0 amide bonds. The molecule has 3 aromatic rings. The molecule has 0 fully saturated rings. The molecule has 0 aliphatic rings. The molecule has 0 saturated heterocycles. The highest BCUT2D eigenvalue weighted by Gasteiger charge is 1.90. The van der Waals surface area contributed by atoms with Crippen molar-refractivity contribution in [2.75, 3.05) is 0 Å². The van der Waals surface area contributed by atoms with Crippen LogP contribution in [-0.4, -0.2) is 15.3 Å². The lowest BCUT2D eigenvalue weighted by Crippen LogP contribution is -1.70. The zero-order valence-electron chi connectivity index (χ0n) is 13.6. The van der Waals surface area contributed by atoms with Crippen LogP contribution in [0, 0.1) is 0 Å². The van der Waals surface area contributed by atoms with E-state index in [4.69, 9.17) is 10.2 Å². The summed E-state index contributed by atoms with van der Waals surface area (Å²) in [7, 11) is 0. The normalized spacial score (nSPS) is 9.38. The van der Waals surface area contributed by atoms with Gasteiger partial charge in [0.1, 0.15) is 17.2 Å². The van der Waals surface area contributed by atoms with Crippen molar-refractivity contribution in [2.24, 2.45) is 0 Å². The van der Waals surface area contributed by atoms with E-state index in [9.17, 15) is 5.11 Å². The van der Waals surface area contributed by atoms with E-state index in [1.807, 2.05) is 49.4 Å². The van der Waals surface area contributed by atoms with Crippen LogP contribution in [0.1, 0.15) is 12.5 Å². The van der Waals surface area contributed by atoms with Crippen LogP contribution in [0.25, 0.3) is 6.08 Å². The molecule has 0 atom stereocenters. The summed E-state index contributed by atoms with van der Waals surface area (Å²) in [6, 6.07) is 24.7. The lowest BCUT2D eigenvalue weighted by atomic mass is 10.2. The minimum absolute atomic E-state index is 0.322. The first-order valence-electron chi connectivity index (χ1n) is 7.52. The maximum Gasteiger partial charge on any atom is 0.122 e. The van der Waals surface area contributed by atoms with Gasteiger partial charge in [-0.3, -0.25) is 0 Å². The maximum absolute atomic E-state index is 9.19. The fraction of sp³-hybridized carbons (Fsp3) is 0.0476. The Balaban J connectivity index is 0.000000185. The lowest BCUT2D eigenvalue weighted by Gasteiger charge is -1.94. The third kappa shape index (κ3) is 8.29. The van der Waals surface area contributed by atoms with Gasteiger partial charge >= 0.3 is 0 Å². The number of benzene rings is 3. The van der Waals surface area contributed by atoms with Crippen LogP contribution >= 0.6 is 0 Å². The first kappa shape index (κ1) is 18.8. The van der Waals surface area contributed by atoms with Crippen molar-refractivity contribution in [3.8, 4) is 17.2 Å². The fourth-order valence-electron chi connectivity index (χ4n) is 1.66. The highest BCUT2D eigenvalue weighted by atomic mass is 16.3. The van der Waals surface area contributed by atoms with Gasteiger partial charge in [0.15, 0.2) is 0 Å². The van der Waals surface area contributed by atoms with Crippen molar-refractivity contribution in [2.45, 2.75) is 6.92 Å². The van der Waals surface area contributed by atoms with Crippen LogP contribution in [0.15, 0.2) is 91.0 Å². The van der Waals surface area contributed by atoms with Crippen molar-refractivity contribution in [3.05, 3.63) is 96.6 Å². The molecule has 0 aromatic heterocycles. The zero-order chi connectivity index (χ0) is 17.6. The molecule has 0 radical (unpaired) electrons. The molecular weight excluding hydrogens is 300 g/mol. The zero-order valence-corrected chi connectivity index (χ0v) is 13.6. The molecule has 0 spiro atoms. The minimum atomic E-state index is 0.322. The number of phenolic OH excluding ortho intramolecular Hbond substituents is 3. The summed E-state index contributed by atoms with van der Waals surface area (Å²) >= 11 is 0. The highest BCUT2D eigenvalue weighted by molar-refractivity contribution is 5.56. The Morgan fingerprint density at radius 3 is 1.33 bits per heavy atom. The van der Waals surface area contributed by atoms with Crippen molar-refractivity contribution < 1.29 is 15.3 Å². The van der Waals surface area contributed by atoms with Crippen molar-refractivity contribution in [1.82, 2.24) is 0 Å². The monoisotopic (exact) mass is 322 g/mol. The average Bonchev–Trinajstić information content (AvgIpc) is 2.60. The summed E-state index contributed by atoms with van der Waals surface area (Å²) in [4.78, 5) is 0. The van der Waals surface area contributed by atoms with Crippen molar-refractivity contribution in [1.29, 1.82) is 0 Å². The largest absolute Gasteiger partial charge is 0.508 e. The van der Waals surface area contributed by atoms with E-state index in [0.717, 1.165) is 5.56 Å². The SMILES string of the molecule is CC=Cc1ccccc1O.Oc1ccccc1.Oc1ccccc1. The second-order valence-electron chi connectivity index (χ2n) is 4.73. The van der Waals surface area contributed by atoms with Crippen LogP contribution in [0.3, 0.4) is 0 Å². The molecule has 124 valence electrons. The molecule has 0 heterocycles. The topological polar surface area (TPSA) is 60.7 Å². The molecule has 0 unspecified atom stereocenters. The number of allylic oxidation sites excluding steroid dienone is 1. The summed E-state index contributed by atoms with van der Waals surface area (Å²) < 4.78 is 0. The van der Waals surface area contributed by atoms with E-state index in [2.05, 4.69) is 0 Å². The summed E-state index contributed by atoms with van der Waals surface area (Å²) in [5.74, 6) is 0.977. The molecular formula is C21H22O3. The average molecular weight is 322 g/mol. The first-order chi connectivity index (χ1) is 11.6. The second kappa shape index (κ2) is 11.4. The first-order valence-corrected chi connectivity index (χ1v) is 7.52. The number of phenols is 3. The Morgan fingerprint density at radius 1 is 0.583 bits per heavy atom. The number of para-hydroxylation sites is 3. The highest BCUT2D eigenvalue weighted by Crippen LogP contribution is 2.16. The number of hydrogen-bond acceptors (Lipinski definition) is 3. The van der Waals surface area contributed by atoms with Crippen molar-refractivity contribution >= 4 is 6.08 Å². The molecule has 3 aromatic carbocycles. The van der Waals surface area contributed by atoms with Crippen LogP contribution in [0.2, 0.25) is 0 Å². The van der Waals surface area contributed by atoms with Gasteiger partial charge in [0.25, 0.3) is 0 Å². The fourth-order valence-corrected chi connectivity index (χ4v) is 1.66. The summed E-state index contributed by atoms with van der Waals surface area (Å²) in [5.41, 5.74) is 0.866. The molecule has 24 heavy (non-hydrogen) atoms. The molecule has 0 bridgehead atoms. The standard InChI is InChI=1S/C9H10O.2C6H6O/c1-2-5-8-6-3-4-7-9(8)10;2*7-6-4-2-1-3-5-6/h2-7,10H,1H3;2*1-5,7H. The van der Waals surface area contributed by atoms with E-state index in [1.54, 1.807) is 54.6 Å². The summed E-state index contributed by atoms with van der Waals surface area (Å²) in [6.45, 7) is 1.92. The Bertz CT molecular complexity index is 670. The van der Waals surface area contributed by atoms with Crippen LogP contribution in [0.4, 0.5) is 0 Å². The minimum Gasteiger partial charge on any atom is -0.508 e. The number of rotatable bonds is 1. The predicted molar refractivity (Wildman–Crippen MR) is 99.0 cm³/mol. The molecule has 3 N–H and O–H groups in total. The Hall–Kier alpha value is -3.20. The van der Waals surface area contributed by atoms with Crippen LogP contribution < -0.4 is 0 Å². The van der Waals surface area contributed by atoms with Crippen LogP contribution in [-0.2, 0) is 0 Å². The Kier molecular flexibility index (Phi) is 8.94. The number of aromatic hydroxyl groups is 3. The molecule has 0 aliphatic heterocycles. The summed E-state index contributed by atoms with van der Waals surface area (Å²) in [6.07, 6.45) is 3.77. The number of hydrogen-bond donors (Lipinski definition) is 3. The van der Waals surface area contributed by atoms with E-state index >= 15 is 0 Å². The van der Waals surface area contributed by atoms with Gasteiger partial charge in [0.2, 0.25) is 0 Å². The van der Waals surface area contributed by atoms with Gasteiger partial charge in [-0.15, -0.1) is 0 Å². The third-order valence-electron chi connectivity index (χ3n) is 2.80. The van der Waals surface area contributed by atoms with E-state index in [1.165, 1.54) is 0 Å². The second-order valence-corrected chi connectivity index (χ2v) is 4.73. The van der Waals surface area contributed by atoms with Gasteiger partial charge in [-0.25, -0.2) is 0 Å². The quantitative estimate of drug-likeness (QED) is 0.576. The van der Waals surface area contributed by atoms with Gasteiger partial charge in [-0.2, -0.15) is 0 Å². The lowest BCUT2D eigenvalue weighted by molar-refractivity contribution is 0.474. The van der Waals surface area contributed by atoms with Gasteiger partial charge < -0.3 is 15.3 Å². The van der Waals surface area contributed by atoms with E-state index < -0.39 is 0 Å². The van der Waals surface area contributed by atoms with Gasteiger partial charge in [0, 0.05) is 5.56 Å². The van der Waals surface area contributed by atoms with Gasteiger partial charge in [-0.1, -0.05) is 66.7 Å². The maximum atomic E-state index is 9.19. The van der Waals surface area contributed by atoms with Gasteiger partial charge in [-0.05, 0) is 37.3 Å². The third-order valence-corrected chi connectivity index (χ3v) is 2.80. The smallest absolute Gasteiger partial charge is 0.122 e. The molecule has 0 aliphatic carbocycles. The predicted octanol–water partition coefficient (Wildman–Crippen LogP) is 5.21. The summed E-state index contributed by atoms with van der Waals surface area (Å²) in [5, 5.41) is 26.5. The van der Waals surface area contributed by atoms with Crippen LogP contribution in [0.5, 0.6) is 17.2 Å².